The number of halogens is 3. The first kappa shape index (κ1) is 16.7. The molecule has 1 unspecified atom stereocenters. The van der Waals surface area contributed by atoms with E-state index in [1.54, 1.807) is 4.90 Å². The molecule has 22 heavy (non-hydrogen) atoms. The van der Waals surface area contributed by atoms with E-state index in [4.69, 9.17) is 0 Å². The van der Waals surface area contributed by atoms with Crippen LogP contribution in [0.5, 0.6) is 0 Å². The molecule has 7 heteroatoms. The summed E-state index contributed by atoms with van der Waals surface area (Å²) in [6.45, 7) is 6.91. The van der Waals surface area contributed by atoms with Crippen LogP contribution in [0.25, 0.3) is 0 Å². The largest absolute Gasteiger partial charge is 0.433 e. The van der Waals surface area contributed by atoms with Crippen molar-refractivity contribution in [3.63, 3.8) is 0 Å². The molecular weight excluding hydrogens is 295 g/mol. The van der Waals surface area contributed by atoms with Crippen LogP contribution < -0.4 is 0 Å². The first-order valence-electron chi connectivity index (χ1n) is 7.44. The quantitative estimate of drug-likeness (QED) is 0.857. The number of likely N-dealkylation sites (N-methyl/N-ethyl adjacent to an activating group) is 2. The van der Waals surface area contributed by atoms with Gasteiger partial charge < -0.3 is 9.80 Å². The van der Waals surface area contributed by atoms with Crippen LogP contribution in [0, 0.1) is 0 Å². The topological polar surface area (TPSA) is 36.4 Å². The lowest BCUT2D eigenvalue weighted by Crippen LogP contribution is -2.42. The molecule has 1 aliphatic heterocycles. The lowest BCUT2D eigenvalue weighted by atomic mass is 10.2. The van der Waals surface area contributed by atoms with Gasteiger partial charge in [-0.05, 0) is 32.0 Å². The van der Waals surface area contributed by atoms with Crippen LogP contribution in [0.3, 0.4) is 0 Å². The molecule has 1 fully saturated rings. The van der Waals surface area contributed by atoms with Gasteiger partial charge in [-0.3, -0.25) is 4.79 Å². The number of aromatic nitrogens is 1. The Labute approximate surface area is 127 Å². The van der Waals surface area contributed by atoms with Gasteiger partial charge in [0, 0.05) is 25.7 Å². The molecule has 0 aromatic carbocycles. The SMILES string of the molecule is CCN1CCC(N(CC)C(=O)c2cccc(C(F)(F)F)n2)C1. The molecule has 4 nitrogen and oxygen atoms in total. The highest BCUT2D eigenvalue weighted by Gasteiger charge is 2.34. The molecule has 122 valence electrons. The maximum absolute atomic E-state index is 12.7. The first-order valence-corrected chi connectivity index (χ1v) is 7.44. The Balaban J connectivity index is 2.19. The van der Waals surface area contributed by atoms with Gasteiger partial charge in [0.1, 0.15) is 11.4 Å². The predicted octanol–water partition coefficient (Wildman–Crippen LogP) is 2.66. The first-order chi connectivity index (χ1) is 10.4. The van der Waals surface area contributed by atoms with Crippen molar-refractivity contribution < 1.29 is 18.0 Å². The summed E-state index contributed by atoms with van der Waals surface area (Å²) in [5.41, 5.74) is -1.18. The number of nitrogens with zero attached hydrogens (tertiary/aromatic N) is 3. The fourth-order valence-electron chi connectivity index (χ4n) is 2.78. The van der Waals surface area contributed by atoms with Gasteiger partial charge in [0.05, 0.1) is 0 Å². The highest BCUT2D eigenvalue weighted by Crippen LogP contribution is 2.27. The van der Waals surface area contributed by atoms with Gasteiger partial charge in [0.25, 0.3) is 5.91 Å². The summed E-state index contributed by atoms with van der Waals surface area (Å²) in [5, 5.41) is 0. The van der Waals surface area contributed by atoms with E-state index in [1.165, 1.54) is 12.1 Å². The molecule has 0 aliphatic carbocycles. The smallest absolute Gasteiger partial charge is 0.333 e. The zero-order valence-electron chi connectivity index (χ0n) is 12.7. The van der Waals surface area contributed by atoms with Crippen LogP contribution in [0.4, 0.5) is 13.2 Å². The molecule has 1 aliphatic rings. The molecule has 0 radical (unpaired) electrons. The van der Waals surface area contributed by atoms with Gasteiger partial charge in [-0.1, -0.05) is 13.0 Å². The number of likely N-dealkylation sites (tertiary alicyclic amines) is 1. The van der Waals surface area contributed by atoms with Gasteiger partial charge in [-0.25, -0.2) is 4.98 Å². The summed E-state index contributed by atoms with van der Waals surface area (Å²) in [7, 11) is 0. The normalized spacial score (nSPS) is 19.4. The Morgan fingerprint density at radius 1 is 1.41 bits per heavy atom. The van der Waals surface area contributed by atoms with E-state index in [-0.39, 0.29) is 11.7 Å². The van der Waals surface area contributed by atoms with Crippen LogP contribution in [-0.4, -0.2) is 52.9 Å². The Kier molecular flexibility index (Phi) is 5.05. The summed E-state index contributed by atoms with van der Waals surface area (Å²) < 4.78 is 38.2. The summed E-state index contributed by atoms with van der Waals surface area (Å²) in [6.07, 6.45) is -3.70. The molecule has 1 amide bonds. The maximum atomic E-state index is 12.7. The number of amides is 1. The van der Waals surface area contributed by atoms with Gasteiger partial charge in [0.2, 0.25) is 0 Å². The highest BCUT2D eigenvalue weighted by molar-refractivity contribution is 5.92. The van der Waals surface area contributed by atoms with E-state index in [9.17, 15) is 18.0 Å². The van der Waals surface area contributed by atoms with Gasteiger partial charge >= 0.3 is 6.18 Å². The summed E-state index contributed by atoms with van der Waals surface area (Å²) in [4.78, 5) is 19.9. The Hall–Kier alpha value is -1.63. The number of pyridine rings is 1. The minimum atomic E-state index is -4.54. The Morgan fingerprint density at radius 3 is 2.68 bits per heavy atom. The fraction of sp³-hybridized carbons (Fsp3) is 0.600. The second kappa shape index (κ2) is 6.64. The third-order valence-corrected chi connectivity index (χ3v) is 4.00. The van der Waals surface area contributed by atoms with E-state index < -0.39 is 17.8 Å². The minimum Gasteiger partial charge on any atom is -0.333 e. The molecule has 1 atom stereocenters. The molecular formula is C15H20F3N3O. The van der Waals surface area contributed by atoms with Crippen LogP contribution in [-0.2, 0) is 6.18 Å². The van der Waals surface area contributed by atoms with Crippen LogP contribution in [0.1, 0.15) is 36.5 Å². The summed E-state index contributed by atoms with van der Waals surface area (Å²) in [6, 6.07) is 3.48. The molecule has 0 N–H and O–H groups in total. The molecule has 0 spiro atoms. The number of alkyl halides is 3. The van der Waals surface area contributed by atoms with Crippen molar-refractivity contribution in [2.24, 2.45) is 0 Å². The molecule has 1 aromatic heterocycles. The second-order valence-corrected chi connectivity index (χ2v) is 5.33. The summed E-state index contributed by atoms with van der Waals surface area (Å²) >= 11 is 0. The van der Waals surface area contributed by atoms with Crippen molar-refractivity contribution in [1.29, 1.82) is 0 Å². The van der Waals surface area contributed by atoms with Crippen LogP contribution >= 0.6 is 0 Å². The minimum absolute atomic E-state index is 0.0359. The van der Waals surface area contributed by atoms with Crippen molar-refractivity contribution in [3.8, 4) is 0 Å². The van der Waals surface area contributed by atoms with Crippen LogP contribution in [0.2, 0.25) is 0 Å². The lowest BCUT2D eigenvalue weighted by molar-refractivity contribution is -0.141. The zero-order valence-corrected chi connectivity index (χ0v) is 12.7. The summed E-state index contributed by atoms with van der Waals surface area (Å²) in [5.74, 6) is -0.434. The maximum Gasteiger partial charge on any atom is 0.433 e. The molecule has 2 heterocycles. The van der Waals surface area contributed by atoms with Gasteiger partial charge in [-0.15, -0.1) is 0 Å². The van der Waals surface area contributed by atoms with Crippen LogP contribution in [0.15, 0.2) is 18.2 Å². The van der Waals surface area contributed by atoms with E-state index in [2.05, 4.69) is 16.8 Å². The van der Waals surface area contributed by atoms with Gasteiger partial charge in [-0.2, -0.15) is 13.2 Å². The van der Waals surface area contributed by atoms with Crippen molar-refractivity contribution in [2.75, 3.05) is 26.2 Å². The standard InChI is InChI=1S/C15H20F3N3O/c1-3-20-9-8-11(10-20)21(4-2)14(22)12-6-5-7-13(19-12)15(16,17)18/h5-7,11H,3-4,8-10H2,1-2H3. The van der Waals surface area contributed by atoms with E-state index in [0.29, 0.717) is 6.54 Å². The lowest BCUT2D eigenvalue weighted by Gasteiger charge is -2.27. The molecule has 0 bridgehead atoms. The molecule has 1 aromatic rings. The van der Waals surface area contributed by atoms with Crippen molar-refractivity contribution in [2.45, 2.75) is 32.5 Å². The molecule has 2 rings (SSSR count). The van der Waals surface area contributed by atoms with E-state index >= 15 is 0 Å². The van der Waals surface area contributed by atoms with E-state index in [1.807, 2.05) is 6.92 Å². The average Bonchev–Trinajstić information content (AvgIpc) is 2.96. The van der Waals surface area contributed by atoms with Gasteiger partial charge in [0.15, 0.2) is 0 Å². The van der Waals surface area contributed by atoms with Crippen molar-refractivity contribution in [1.82, 2.24) is 14.8 Å². The number of carbonyl (C=O) groups excluding carboxylic acids is 1. The second-order valence-electron chi connectivity index (χ2n) is 5.33. The molecule has 0 saturated carbocycles. The fourth-order valence-corrected chi connectivity index (χ4v) is 2.78. The van der Waals surface area contributed by atoms with Crippen molar-refractivity contribution >= 4 is 5.91 Å². The predicted molar refractivity (Wildman–Crippen MR) is 76.5 cm³/mol. The Bertz CT molecular complexity index is 533. The number of hydrogen-bond acceptors (Lipinski definition) is 3. The average molecular weight is 315 g/mol. The third-order valence-electron chi connectivity index (χ3n) is 4.00. The highest BCUT2D eigenvalue weighted by atomic mass is 19.4. The zero-order chi connectivity index (χ0) is 16.3. The Morgan fingerprint density at radius 2 is 2.14 bits per heavy atom. The van der Waals surface area contributed by atoms with Crippen molar-refractivity contribution in [3.05, 3.63) is 29.6 Å². The number of rotatable bonds is 4. The molecule has 1 saturated heterocycles. The number of hydrogen-bond donors (Lipinski definition) is 0. The number of carbonyl (C=O) groups is 1. The van der Waals surface area contributed by atoms with E-state index in [0.717, 1.165) is 32.1 Å². The monoisotopic (exact) mass is 315 g/mol. The third kappa shape index (κ3) is 3.58.